The number of ether oxygens (including phenoxy) is 3. The monoisotopic (exact) mass is 459 g/mol. The molecule has 1 aliphatic heterocycles. The molecule has 32 heavy (non-hydrogen) atoms. The van der Waals surface area contributed by atoms with E-state index in [4.69, 9.17) is 19.2 Å². The molecule has 9 nitrogen and oxygen atoms in total. The van der Waals surface area contributed by atoms with Crippen LogP contribution in [0.3, 0.4) is 0 Å². The summed E-state index contributed by atoms with van der Waals surface area (Å²) in [5, 5.41) is 4.90. The maximum atomic E-state index is 13.6. The second-order valence-electron chi connectivity index (χ2n) is 7.44. The Morgan fingerprint density at radius 2 is 1.94 bits per heavy atom. The third-order valence-corrected chi connectivity index (χ3v) is 6.66. The van der Waals surface area contributed by atoms with Gasteiger partial charge in [-0.25, -0.2) is 4.98 Å². The first-order chi connectivity index (χ1) is 15.7. The quantitative estimate of drug-likeness (QED) is 0.487. The Hall–Kier alpha value is -2.69. The van der Waals surface area contributed by atoms with E-state index in [1.165, 1.54) is 11.3 Å². The van der Waals surface area contributed by atoms with Gasteiger partial charge in [-0.1, -0.05) is 11.3 Å². The van der Waals surface area contributed by atoms with Crippen molar-refractivity contribution in [2.24, 2.45) is 0 Å². The van der Waals surface area contributed by atoms with Gasteiger partial charge in [0, 0.05) is 38.9 Å². The number of hydrogen-bond acceptors (Lipinski definition) is 8. The molecule has 1 aromatic carbocycles. The zero-order valence-corrected chi connectivity index (χ0v) is 19.6. The highest BCUT2D eigenvalue weighted by Crippen LogP contribution is 2.40. The van der Waals surface area contributed by atoms with Crippen LogP contribution in [-0.4, -0.2) is 79.2 Å². The third-order valence-electron chi connectivity index (χ3n) is 5.57. The summed E-state index contributed by atoms with van der Waals surface area (Å²) in [5.74, 6) is 1.26. The molecule has 2 aromatic heterocycles. The molecular weight excluding hydrogens is 430 g/mol. The molecule has 10 heteroatoms. The smallest absolute Gasteiger partial charge is 0.278 e. The molecule has 0 saturated carbocycles. The van der Waals surface area contributed by atoms with E-state index in [2.05, 4.69) is 10.00 Å². The fourth-order valence-electron chi connectivity index (χ4n) is 3.86. The fraction of sp³-hybridized carbons (Fsp3) is 0.500. The molecule has 1 fully saturated rings. The van der Waals surface area contributed by atoms with Crippen molar-refractivity contribution in [3.05, 3.63) is 30.1 Å². The van der Waals surface area contributed by atoms with E-state index >= 15 is 0 Å². The van der Waals surface area contributed by atoms with E-state index < -0.39 is 0 Å². The van der Waals surface area contributed by atoms with Crippen LogP contribution in [0.4, 0.5) is 5.13 Å². The zero-order valence-electron chi connectivity index (χ0n) is 18.7. The highest BCUT2D eigenvalue weighted by atomic mass is 32.1. The number of nitrogens with zero attached hydrogens (tertiary/aromatic N) is 5. The first-order valence-electron chi connectivity index (χ1n) is 10.8. The first kappa shape index (κ1) is 22.5. The molecule has 1 amide bonds. The molecule has 1 aliphatic rings. The van der Waals surface area contributed by atoms with Crippen molar-refractivity contribution in [2.45, 2.75) is 19.9 Å². The SMILES string of the molecule is CCn1nccc1C(=O)N(CCCN1CCOCC1)c1nc2c(OC)ccc(OC)c2s1. The summed E-state index contributed by atoms with van der Waals surface area (Å²) in [7, 11) is 3.25. The lowest BCUT2D eigenvalue weighted by molar-refractivity contribution is 0.0376. The van der Waals surface area contributed by atoms with Crippen LogP contribution in [0.25, 0.3) is 10.2 Å². The van der Waals surface area contributed by atoms with Crippen molar-refractivity contribution >= 4 is 32.6 Å². The van der Waals surface area contributed by atoms with Crippen LogP contribution in [-0.2, 0) is 11.3 Å². The van der Waals surface area contributed by atoms with Crippen molar-refractivity contribution in [1.82, 2.24) is 19.7 Å². The van der Waals surface area contributed by atoms with Crippen molar-refractivity contribution in [3.63, 3.8) is 0 Å². The second kappa shape index (κ2) is 10.3. The van der Waals surface area contributed by atoms with Crippen molar-refractivity contribution < 1.29 is 19.0 Å². The molecule has 0 atom stereocenters. The van der Waals surface area contributed by atoms with Crippen LogP contribution < -0.4 is 14.4 Å². The van der Waals surface area contributed by atoms with Crippen LogP contribution >= 0.6 is 11.3 Å². The van der Waals surface area contributed by atoms with Gasteiger partial charge in [0.05, 0.1) is 27.4 Å². The minimum atomic E-state index is -0.108. The Balaban J connectivity index is 1.65. The predicted molar refractivity (Wildman–Crippen MR) is 124 cm³/mol. The Bertz CT molecular complexity index is 1020. The summed E-state index contributed by atoms with van der Waals surface area (Å²) in [6.45, 7) is 7.41. The van der Waals surface area contributed by atoms with Gasteiger partial charge in [0.2, 0.25) is 0 Å². The summed E-state index contributed by atoms with van der Waals surface area (Å²) in [6, 6.07) is 5.45. The number of hydrogen-bond donors (Lipinski definition) is 0. The summed E-state index contributed by atoms with van der Waals surface area (Å²) >= 11 is 1.44. The number of aromatic nitrogens is 3. The number of rotatable bonds is 9. The van der Waals surface area contributed by atoms with Gasteiger partial charge in [0.1, 0.15) is 27.4 Å². The maximum Gasteiger partial charge on any atom is 0.278 e. The lowest BCUT2D eigenvalue weighted by Gasteiger charge is -2.27. The number of carbonyl (C=O) groups is 1. The molecule has 0 spiro atoms. The Morgan fingerprint density at radius 1 is 1.19 bits per heavy atom. The van der Waals surface area contributed by atoms with Gasteiger partial charge in [-0.2, -0.15) is 5.10 Å². The van der Waals surface area contributed by atoms with Gasteiger partial charge in [0.25, 0.3) is 5.91 Å². The molecular formula is C22H29N5O4S. The molecule has 0 N–H and O–H groups in total. The molecule has 0 bridgehead atoms. The van der Waals surface area contributed by atoms with Crippen molar-refractivity contribution in [1.29, 1.82) is 0 Å². The predicted octanol–water partition coefficient (Wildman–Crippen LogP) is 2.90. The number of amides is 1. The summed E-state index contributed by atoms with van der Waals surface area (Å²) in [5.41, 5.74) is 1.25. The number of anilines is 1. The number of morpholine rings is 1. The van der Waals surface area contributed by atoms with Gasteiger partial charge in [-0.3, -0.25) is 19.3 Å². The van der Waals surface area contributed by atoms with Crippen LogP contribution in [0.5, 0.6) is 11.5 Å². The van der Waals surface area contributed by atoms with E-state index in [-0.39, 0.29) is 5.91 Å². The Kier molecular flexibility index (Phi) is 7.23. The molecule has 0 unspecified atom stereocenters. The number of thiazole rings is 1. The fourth-order valence-corrected chi connectivity index (χ4v) is 4.95. The molecule has 3 aromatic rings. The average Bonchev–Trinajstić information content (AvgIpc) is 3.49. The van der Waals surface area contributed by atoms with E-state index in [1.807, 2.05) is 19.1 Å². The lowest BCUT2D eigenvalue weighted by atomic mass is 10.3. The van der Waals surface area contributed by atoms with Crippen LogP contribution in [0.15, 0.2) is 24.4 Å². The minimum Gasteiger partial charge on any atom is -0.495 e. The normalized spacial score (nSPS) is 14.6. The number of methoxy groups -OCH3 is 2. The highest BCUT2D eigenvalue weighted by molar-refractivity contribution is 7.22. The second-order valence-corrected chi connectivity index (χ2v) is 8.42. The summed E-state index contributed by atoms with van der Waals surface area (Å²) < 4.78 is 19.0. The van der Waals surface area contributed by atoms with Gasteiger partial charge in [-0.15, -0.1) is 0 Å². The molecule has 3 heterocycles. The topological polar surface area (TPSA) is 82.0 Å². The van der Waals surface area contributed by atoms with E-state index in [1.54, 1.807) is 36.1 Å². The van der Waals surface area contributed by atoms with Gasteiger partial charge >= 0.3 is 0 Å². The largest absolute Gasteiger partial charge is 0.495 e. The molecule has 172 valence electrons. The number of fused-ring (bicyclic) bond motifs is 1. The Labute approximate surface area is 191 Å². The van der Waals surface area contributed by atoms with Gasteiger partial charge < -0.3 is 14.2 Å². The van der Waals surface area contributed by atoms with Crippen molar-refractivity contribution in [2.75, 3.05) is 58.5 Å². The van der Waals surface area contributed by atoms with Gasteiger partial charge in [0.15, 0.2) is 5.13 Å². The maximum absolute atomic E-state index is 13.6. The van der Waals surface area contributed by atoms with E-state index in [9.17, 15) is 4.79 Å². The standard InChI is InChI=1S/C22H29N5O4S/c1-4-27-16(8-9-23-27)21(28)26(11-5-10-25-12-14-31-15-13-25)22-24-19-17(29-2)6-7-18(30-3)20(19)32-22/h6-9H,4-5,10-15H2,1-3H3. The van der Waals surface area contributed by atoms with E-state index in [0.717, 1.165) is 44.0 Å². The molecule has 1 saturated heterocycles. The van der Waals surface area contributed by atoms with Crippen LogP contribution in [0.2, 0.25) is 0 Å². The molecule has 4 rings (SSSR count). The van der Waals surface area contributed by atoms with Crippen LogP contribution in [0.1, 0.15) is 23.8 Å². The number of carbonyl (C=O) groups excluding carboxylic acids is 1. The average molecular weight is 460 g/mol. The zero-order chi connectivity index (χ0) is 22.5. The molecule has 0 aliphatic carbocycles. The minimum absolute atomic E-state index is 0.108. The summed E-state index contributed by atoms with van der Waals surface area (Å²) in [4.78, 5) is 22.5. The Morgan fingerprint density at radius 3 is 2.66 bits per heavy atom. The van der Waals surface area contributed by atoms with Gasteiger partial charge in [-0.05, 0) is 31.5 Å². The van der Waals surface area contributed by atoms with Crippen LogP contribution in [0, 0.1) is 0 Å². The lowest BCUT2D eigenvalue weighted by Crippen LogP contribution is -2.39. The highest BCUT2D eigenvalue weighted by Gasteiger charge is 2.26. The van der Waals surface area contributed by atoms with E-state index in [0.29, 0.717) is 40.9 Å². The van der Waals surface area contributed by atoms with Crippen molar-refractivity contribution in [3.8, 4) is 11.5 Å². The third kappa shape index (κ3) is 4.57. The number of benzene rings is 1. The summed E-state index contributed by atoms with van der Waals surface area (Å²) in [6.07, 6.45) is 2.49. The number of aryl methyl sites for hydroxylation is 1. The molecule has 0 radical (unpaired) electrons. The first-order valence-corrected chi connectivity index (χ1v) is 11.6.